The van der Waals surface area contributed by atoms with E-state index in [1.165, 1.54) is 6.07 Å². The molecule has 1 unspecified atom stereocenters. The molecule has 0 aromatic heterocycles. The van der Waals surface area contributed by atoms with Gasteiger partial charge in [-0.15, -0.1) is 0 Å². The van der Waals surface area contributed by atoms with Gasteiger partial charge in [-0.2, -0.15) is 0 Å². The van der Waals surface area contributed by atoms with Gasteiger partial charge in [0.05, 0.1) is 5.69 Å². The third-order valence-corrected chi connectivity index (χ3v) is 2.83. The van der Waals surface area contributed by atoms with E-state index in [-0.39, 0.29) is 17.7 Å². The van der Waals surface area contributed by atoms with Crippen LogP contribution in [-0.4, -0.2) is 17.1 Å². The normalized spacial score (nSPS) is 16.8. The molecule has 1 aromatic carbocycles. The van der Waals surface area contributed by atoms with Gasteiger partial charge in [0.1, 0.15) is 5.75 Å². The summed E-state index contributed by atoms with van der Waals surface area (Å²) in [6.07, 6.45) is 2.58. The summed E-state index contributed by atoms with van der Waals surface area (Å²) in [6, 6.07) is 6.62. The minimum Gasteiger partial charge on any atom is -0.506 e. The van der Waals surface area contributed by atoms with E-state index in [0.717, 1.165) is 12.8 Å². The van der Waals surface area contributed by atoms with E-state index in [9.17, 15) is 9.90 Å². The number of hydrogen-bond donors (Lipinski definition) is 3. The standard InChI is InChI=1S/C12H16N2O2/c13-9(8-5-6-8)7-12(16)14-10-3-1-2-4-11(10)15/h1-4,8-9,15H,5-7,13H2,(H,14,16). The lowest BCUT2D eigenvalue weighted by molar-refractivity contribution is -0.116. The monoisotopic (exact) mass is 220 g/mol. The predicted molar refractivity (Wildman–Crippen MR) is 62.1 cm³/mol. The van der Waals surface area contributed by atoms with Crippen LogP contribution in [0.15, 0.2) is 24.3 Å². The van der Waals surface area contributed by atoms with Crippen LogP contribution in [-0.2, 0) is 4.79 Å². The molecule has 86 valence electrons. The lowest BCUT2D eigenvalue weighted by atomic mass is 10.1. The van der Waals surface area contributed by atoms with Gasteiger partial charge in [-0.3, -0.25) is 4.79 Å². The molecule has 16 heavy (non-hydrogen) atoms. The summed E-state index contributed by atoms with van der Waals surface area (Å²) >= 11 is 0. The lowest BCUT2D eigenvalue weighted by Gasteiger charge is -2.11. The van der Waals surface area contributed by atoms with E-state index in [2.05, 4.69) is 5.32 Å². The van der Waals surface area contributed by atoms with Crippen molar-refractivity contribution in [1.82, 2.24) is 0 Å². The van der Waals surface area contributed by atoms with Crippen LogP contribution in [0.25, 0.3) is 0 Å². The number of carbonyl (C=O) groups excluding carboxylic acids is 1. The maximum Gasteiger partial charge on any atom is 0.226 e. The van der Waals surface area contributed by atoms with Crippen LogP contribution in [0, 0.1) is 5.92 Å². The highest BCUT2D eigenvalue weighted by Gasteiger charge is 2.29. The molecule has 1 amide bonds. The fourth-order valence-corrected chi connectivity index (χ4v) is 1.69. The van der Waals surface area contributed by atoms with Gasteiger partial charge in [0.25, 0.3) is 0 Å². The molecule has 1 atom stereocenters. The maximum absolute atomic E-state index is 11.6. The molecule has 1 saturated carbocycles. The number of nitrogens with two attached hydrogens (primary N) is 1. The fraction of sp³-hybridized carbons (Fsp3) is 0.417. The van der Waals surface area contributed by atoms with Crippen LogP contribution in [0.4, 0.5) is 5.69 Å². The van der Waals surface area contributed by atoms with Crippen LogP contribution in [0.5, 0.6) is 5.75 Å². The number of phenolic OH excluding ortho intramolecular Hbond substituents is 1. The number of phenols is 1. The van der Waals surface area contributed by atoms with Crippen LogP contribution in [0.3, 0.4) is 0 Å². The number of aromatic hydroxyl groups is 1. The summed E-state index contributed by atoms with van der Waals surface area (Å²) in [5.74, 6) is 0.451. The average Bonchev–Trinajstić information content (AvgIpc) is 3.04. The van der Waals surface area contributed by atoms with Gasteiger partial charge in [0.15, 0.2) is 0 Å². The zero-order chi connectivity index (χ0) is 11.5. The van der Waals surface area contributed by atoms with E-state index < -0.39 is 0 Å². The number of rotatable bonds is 4. The van der Waals surface area contributed by atoms with Crippen LogP contribution < -0.4 is 11.1 Å². The highest BCUT2D eigenvalue weighted by atomic mass is 16.3. The Bertz CT molecular complexity index is 388. The number of nitrogens with one attached hydrogen (secondary N) is 1. The van der Waals surface area contributed by atoms with Crippen molar-refractivity contribution in [3.63, 3.8) is 0 Å². The first-order valence-electron chi connectivity index (χ1n) is 5.50. The van der Waals surface area contributed by atoms with Gasteiger partial charge in [0, 0.05) is 12.5 Å². The lowest BCUT2D eigenvalue weighted by Crippen LogP contribution is -2.28. The topological polar surface area (TPSA) is 75.4 Å². The van der Waals surface area contributed by atoms with Crippen molar-refractivity contribution in [2.75, 3.05) is 5.32 Å². The summed E-state index contributed by atoms with van der Waals surface area (Å²) in [5, 5.41) is 12.1. The molecule has 0 heterocycles. The number of benzene rings is 1. The van der Waals surface area contributed by atoms with Gasteiger partial charge in [0.2, 0.25) is 5.91 Å². The first kappa shape index (κ1) is 11.0. The van der Waals surface area contributed by atoms with Crippen molar-refractivity contribution >= 4 is 11.6 Å². The van der Waals surface area contributed by atoms with Crippen molar-refractivity contribution in [2.45, 2.75) is 25.3 Å². The quantitative estimate of drug-likeness (QED) is 0.672. The summed E-state index contributed by atoms with van der Waals surface area (Å²) < 4.78 is 0. The molecule has 0 aliphatic heterocycles. The third kappa shape index (κ3) is 2.73. The Morgan fingerprint density at radius 2 is 2.19 bits per heavy atom. The minimum atomic E-state index is -0.138. The molecule has 1 aromatic rings. The van der Waals surface area contributed by atoms with E-state index in [1.807, 2.05) is 0 Å². The SMILES string of the molecule is NC(CC(=O)Nc1ccccc1O)C1CC1. The first-order chi connectivity index (χ1) is 7.66. The van der Waals surface area contributed by atoms with Crippen molar-refractivity contribution < 1.29 is 9.90 Å². The van der Waals surface area contributed by atoms with E-state index >= 15 is 0 Å². The van der Waals surface area contributed by atoms with Gasteiger partial charge in [-0.25, -0.2) is 0 Å². The maximum atomic E-state index is 11.6. The first-order valence-corrected chi connectivity index (χ1v) is 5.50. The van der Waals surface area contributed by atoms with Crippen molar-refractivity contribution in [2.24, 2.45) is 11.7 Å². The number of anilines is 1. The van der Waals surface area contributed by atoms with Gasteiger partial charge in [-0.05, 0) is 30.9 Å². The number of carbonyl (C=O) groups is 1. The fourth-order valence-electron chi connectivity index (χ4n) is 1.69. The molecular formula is C12H16N2O2. The molecule has 4 N–H and O–H groups in total. The Morgan fingerprint density at radius 3 is 2.81 bits per heavy atom. The van der Waals surface area contributed by atoms with E-state index in [1.54, 1.807) is 18.2 Å². The molecule has 1 aliphatic carbocycles. The minimum absolute atomic E-state index is 0.0501. The number of para-hydroxylation sites is 2. The Balaban J connectivity index is 1.89. The summed E-state index contributed by atoms with van der Waals surface area (Å²) in [4.78, 5) is 11.6. The van der Waals surface area contributed by atoms with E-state index in [0.29, 0.717) is 18.0 Å². The Labute approximate surface area is 94.5 Å². The van der Waals surface area contributed by atoms with Crippen molar-refractivity contribution in [3.8, 4) is 5.75 Å². The molecule has 4 nitrogen and oxygen atoms in total. The zero-order valence-electron chi connectivity index (χ0n) is 9.02. The smallest absolute Gasteiger partial charge is 0.226 e. The molecular weight excluding hydrogens is 204 g/mol. The second-order valence-electron chi connectivity index (χ2n) is 4.27. The van der Waals surface area contributed by atoms with Crippen molar-refractivity contribution in [3.05, 3.63) is 24.3 Å². The Kier molecular flexibility index (Phi) is 3.10. The van der Waals surface area contributed by atoms with Crippen LogP contribution in [0.1, 0.15) is 19.3 Å². The second kappa shape index (κ2) is 4.53. The third-order valence-electron chi connectivity index (χ3n) is 2.83. The summed E-state index contributed by atoms with van der Waals surface area (Å²) in [7, 11) is 0. The zero-order valence-corrected chi connectivity index (χ0v) is 9.02. The number of amides is 1. The van der Waals surface area contributed by atoms with Crippen LogP contribution >= 0.6 is 0 Å². The predicted octanol–water partition coefficient (Wildman–Crippen LogP) is 1.46. The molecule has 0 bridgehead atoms. The second-order valence-corrected chi connectivity index (χ2v) is 4.27. The van der Waals surface area contributed by atoms with Crippen molar-refractivity contribution in [1.29, 1.82) is 0 Å². The highest BCUT2D eigenvalue weighted by molar-refractivity contribution is 5.92. The van der Waals surface area contributed by atoms with Gasteiger partial charge >= 0.3 is 0 Å². The molecule has 0 spiro atoms. The average molecular weight is 220 g/mol. The largest absolute Gasteiger partial charge is 0.506 e. The summed E-state index contributed by atoms with van der Waals surface area (Å²) in [5.41, 5.74) is 6.29. The van der Waals surface area contributed by atoms with Gasteiger partial charge < -0.3 is 16.2 Å². The molecule has 0 radical (unpaired) electrons. The van der Waals surface area contributed by atoms with E-state index in [4.69, 9.17) is 5.73 Å². The molecule has 1 fully saturated rings. The molecule has 2 rings (SSSR count). The number of hydrogen-bond acceptors (Lipinski definition) is 3. The Hall–Kier alpha value is -1.55. The van der Waals surface area contributed by atoms with Gasteiger partial charge in [-0.1, -0.05) is 12.1 Å². The molecule has 4 heteroatoms. The highest BCUT2D eigenvalue weighted by Crippen LogP contribution is 2.33. The summed E-state index contributed by atoms with van der Waals surface area (Å²) in [6.45, 7) is 0. The van der Waals surface area contributed by atoms with Crippen LogP contribution in [0.2, 0.25) is 0 Å². The Morgan fingerprint density at radius 1 is 1.50 bits per heavy atom. The molecule has 0 saturated heterocycles. The molecule has 1 aliphatic rings.